The first-order chi connectivity index (χ1) is 5.70. The van der Waals surface area contributed by atoms with Gasteiger partial charge in [0.25, 0.3) is 0 Å². The van der Waals surface area contributed by atoms with Gasteiger partial charge < -0.3 is 4.74 Å². The standard InChI is InChI=1S/C7H7F.C2H5FO/c1-6-2-4-7(8)5-3-6;1-4-2-3/h2-5H,1H3;2H2,1H3. The normalized spacial score (nSPS) is 8.67. The Balaban J connectivity index is 0.000000261. The molecule has 0 heterocycles. The topological polar surface area (TPSA) is 9.23 Å². The van der Waals surface area contributed by atoms with Crippen LogP contribution in [0, 0.1) is 12.7 Å². The SMILES string of the molecule is COCF.Cc1ccc(F)cc1. The zero-order chi connectivity index (χ0) is 9.40. The summed E-state index contributed by atoms with van der Waals surface area (Å²) in [5.74, 6) is -0.171. The van der Waals surface area contributed by atoms with Gasteiger partial charge in [-0.3, -0.25) is 0 Å². The van der Waals surface area contributed by atoms with Crippen molar-refractivity contribution in [2.45, 2.75) is 6.92 Å². The molecule has 68 valence electrons. The number of alkyl halides is 1. The van der Waals surface area contributed by atoms with Crippen LogP contribution in [-0.4, -0.2) is 14.0 Å². The molecule has 0 spiro atoms. The first-order valence-corrected chi connectivity index (χ1v) is 3.47. The lowest BCUT2D eigenvalue weighted by Crippen LogP contribution is -1.71. The molecular weight excluding hydrogens is 162 g/mol. The number of ether oxygens (including phenoxy) is 1. The Kier molecular flexibility index (Phi) is 6.19. The molecule has 3 heteroatoms. The van der Waals surface area contributed by atoms with Crippen LogP contribution in [0.2, 0.25) is 0 Å². The van der Waals surface area contributed by atoms with E-state index in [9.17, 15) is 8.78 Å². The van der Waals surface area contributed by atoms with Gasteiger partial charge in [0.2, 0.25) is 0 Å². The Bertz CT molecular complexity index is 173. The molecule has 0 aliphatic rings. The molecule has 0 amide bonds. The molecule has 12 heavy (non-hydrogen) atoms. The van der Waals surface area contributed by atoms with E-state index in [0.717, 1.165) is 5.56 Å². The summed E-state index contributed by atoms with van der Waals surface area (Å²) in [6.45, 7) is 1.25. The summed E-state index contributed by atoms with van der Waals surface area (Å²) in [6, 6.07) is 6.40. The van der Waals surface area contributed by atoms with Crippen molar-refractivity contribution in [3.8, 4) is 0 Å². The maximum Gasteiger partial charge on any atom is 0.187 e. The van der Waals surface area contributed by atoms with Crippen LogP contribution >= 0.6 is 0 Å². The van der Waals surface area contributed by atoms with Crippen molar-refractivity contribution in [3.05, 3.63) is 35.6 Å². The fourth-order valence-electron chi connectivity index (χ4n) is 0.533. The zero-order valence-corrected chi connectivity index (χ0v) is 7.18. The van der Waals surface area contributed by atoms with Crippen LogP contribution in [0.25, 0.3) is 0 Å². The summed E-state index contributed by atoms with van der Waals surface area (Å²) in [5, 5.41) is 0. The molecule has 1 aromatic carbocycles. The van der Waals surface area contributed by atoms with E-state index in [-0.39, 0.29) is 5.82 Å². The molecule has 0 aliphatic heterocycles. The first kappa shape index (κ1) is 11.0. The third-order valence-electron chi connectivity index (χ3n) is 1.12. The molecule has 0 aromatic heterocycles. The summed E-state index contributed by atoms with van der Waals surface area (Å²) >= 11 is 0. The lowest BCUT2D eigenvalue weighted by molar-refractivity contribution is 0.104. The van der Waals surface area contributed by atoms with Gasteiger partial charge >= 0.3 is 0 Å². The molecular formula is C9H12F2O. The second-order valence-electron chi connectivity index (χ2n) is 2.19. The van der Waals surface area contributed by atoms with Gasteiger partial charge in [-0.2, -0.15) is 0 Å². The number of aryl methyl sites for hydroxylation is 1. The van der Waals surface area contributed by atoms with Crippen LogP contribution in [0.5, 0.6) is 0 Å². The van der Waals surface area contributed by atoms with Crippen LogP contribution in [0.15, 0.2) is 24.3 Å². The maximum atomic E-state index is 12.1. The zero-order valence-electron chi connectivity index (χ0n) is 7.18. The van der Waals surface area contributed by atoms with E-state index < -0.39 is 6.86 Å². The molecule has 0 bridgehead atoms. The van der Waals surface area contributed by atoms with Crippen LogP contribution < -0.4 is 0 Å². The molecule has 0 fully saturated rings. The largest absolute Gasteiger partial charge is 0.354 e. The van der Waals surface area contributed by atoms with E-state index in [2.05, 4.69) is 4.74 Å². The summed E-state index contributed by atoms with van der Waals surface area (Å²) in [7, 11) is 1.31. The molecule has 0 unspecified atom stereocenters. The Morgan fingerprint density at radius 1 is 1.25 bits per heavy atom. The van der Waals surface area contributed by atoms with Crippen LogP contribution in [0.1, 0.15) is 5.56 Å². The fourth-order valence-corrected chi connectivity index (χ4v) is 0.533. The first-order valence-electron chi connectivity index (χ1n) is 3.47. The van der Waals surface area contributed by atoms with Gasteiger partial charge in [0.15, 0.2) is 6.86 Å². The van der Waals surface area contributed by atoms with E-state index in [1.807, 2.05) is 6.92 Å². The number of halogens is 2. The highest BCUT2D eigenvalue weighted by Gasteiger charge is 1.83. The number of methoxy groups -OCH3 is 1. The molecule has 0 radical (unpaired) electrons. The average Bonchev–Trinajstić information content (AvgIpc) is 2.11. The van der Waals surface area contributed by atoms with E-state index in [1.54, 1.807) is 12.1 Å². The minimum atomic E-state index is -0.681. The maximum absolute atomic E-state index is 12.1. The van der Waals surface area contributed by atoms with E-state index >= 15 is 0 Å². The summed E-state index contributed by atoms with van der Waals surface area (Å²) < 4.78 is 26.5. The van der Waals surface area contributed by atoms with Gasteiger partial charge in [-0.15, -0.1) is 0 Å². The highest BCUT2D eigenvalue weighted by Crippen LogP contribution is 1.98. The van der Waals surface area contributed by atoms with Crippen LogP contribution in [0.3, 0.4) is 0 Å². The second kappa shape index (κ2) is 6.73. The Morgan fingerprint density at radius 2 is 1.67 bits per heavy atom. The summed E-state index contributed by atoms with van der Waals surface area (Å²) in [6.07, 6.45) is 0. The van der Waals surface area contributed by atoms with Crippen molar-refractivity contribution in [2.75, 3.05) is 14.0 Å². The third kappa shape index (κ3) is 5.80. The quantitative estimate of drug-likeness (QED) is 0.636. The van der Waals surface area contributed by atoms with Gasteiger partial charge in [-0.25, -0.2) is 8.78 Å². The number of benzene rings is 1. The lowest BCUT2D eigenvalue weighted by Gasteiger charge is -1.87. The van der Waals surface area contributed by atoms with E-state index in [0.29, 0.717) is 0 Å². The van der Waals surface area contributed by atoms with Crippen molar-refractivity contribution in [2.24, 2.45) is 0 Å². The second-order valence-corrected chi connectivity index (χ2v) is 2.19. The van der Waals surface area contributed by atoms with Gasteiger partial charge in [0.05, 0.1) is 0 Å². The van der Waals surface area contributed by atoms with E-state index in [1.165, 1.54) is 19.2 Å². The average molecular weight is 174 g/mol. The number of hydrogen-bond donors (Lipinski definition) is 0. The van der Waals surface area contributed by atoms with Gasteiger partial charge in [0.1, 0.15) is 5.82 Å². The van der Waals surface area contributed by atoms with E-state index in [4.69, 9.17) is 0 Å². The Hall–Kier alpha value is -0.960. The number of hydrogen-bond acceptors (Lipinski definition) is 1. The highest BCUT2D eigenvalue weighted by atomic mass is 19.1. The minimum Gasteiger partial charge on any atom is -0.354 e. The molecule has 0 saturated carbocycles. The predicted molar refractivity (Wildman–Crippen MR) is 44.1 cm³/mol. The van der Waals surface area contributed by atoms with Crippen molar-refractivity contribution in [3.63, 3.8) is 0 Å². The van der Waals surface area contributed by atoms with Crippen LogP contribution in [0.4, 0.5) is 8.78 Å². The van der Waals surface area contributed by atoms with Crippen molar-refractivity contribution < 1.29 is 13.5 Å². The predicted octanol–water partition coefficient (Wildman–Crippen LogP) is 2.69. The Labute approximate surface area is 71.0 Å². The molecule has 1 rings (SSSR count). The van der Waals surface area contributed by atoms with Crippen molar-refractivity contribution >= 4 is 0 Å². The summed E-state index contributed by atoms with van der Waals surface area (Å²) in [4.78, 5) is 0. The smallest absolute Gasteiger partial charge is 0.187 e. The third-order valence-corrected chi connectivity index (χ3v) is 1.12. The van der Waals surface area contributed by atoms with Crippen LogP contribution in [-0.2, 0) is 4.74 Å². The molecule has 0 aliphatic carbocycles. The van der Waals surface area contributed by atoms with Gasteiger partial charge in [0, 0.05) is 7.11 Å². The minimum absolute atomic E-state index is 0.171. The fraction of sp³-hybridized carbons (Fsp3) is 0.333. The van der Waals surface area contributed by atoms with Gasteiger partial charge in [-0.05, 0) is 19.1 Å². The Morgan fingerprint density at radius 3 is 1.92 bits per heavy atom. The number of rotatable bonds is 1. The molecule has 0 N–H and O–H groups in total. The summed E-state index contributed by atoms with van der Waals surface area (Å²) in [5.41, 5.74) is 1.09. The molecule has 1 nitrogen and oxygen atoms in total. The monoisotopic (exact) mass is 174 g/mol. The van der Waals surface area contributed by atoms with Crippen molar-refractivity contribution in [1.29, 1.82) is 0 Å². The van der Waals surface area contributed by atoms with Gasteiger partial charge in [-0.1, -0.05) is 17.7 Å². The molecule has 1 aromatic rings. The molecule has 0 saturated heterocycles. The lowest BCUT2D eigenvalue weighted by atomic mass is 10.2. The molecule has 0 atom stereocenters. The van der Waals surface area contributed by atoms with Crippen molar-refractivity contribution in [1.82, 2.24) is 0 Å². The highest BCUT2D eigenvalue weighted by molar-refractivity contribution is 5.13.